The van der Waals surface area contributed by atoms with Crippen molar-refractivity contribution < 1.29 is 18.1 Å². The van der Waals surface area contributed by atoms with E-state index in [1.807, 2.05) is 6.92 Å². The van der Waals surface area contributed by atoms with Gasteiger partial charge in [0.25, 0.3) is 5.69 Å². The van der Waals surface area contributed by atoms with Gasteiger partial charge in [0.05, 0.1) is 9.82 Å². The van der Waals surface area contributed by atoms with Crippen LogP contribution in [-0.4, -0.2) is 54.6 Å². The molecule has 1 aliphatic rings. The zero-order valence-corrected chi connectivity index (χ0v) is 17.7. The minimum Gasteiger partial charge on any atom is -0.337 e. The number of non-ortho nitro benzene ring substituents is 1. The van der Waals surface area contributed by atoms with Crippen molar-refractivity contribution in [2.75, 3.05) is 26.2 Å². The van der Waals surface area contributed by atoms with Gasteiger partial charge >= 0.3 is 0 Å². The molecule has 2 aromatic rings. The maximum Gasteiger partial charge on any atom is 0.269 e. The lowest BCUT2D eigenvalue weighted by atomic mass is 10.2. The van der Waals surface area contributed by atoms with Gasteiger partial charge in [-0.3, -0.25) is 14.9 Å². The standard InChI is InChI=1S/C19H21N3O5S2/c1-14-13-18(15(2)28-14)29(26,27)21-11-9-20(10-12-21)19(23)8-5-16-3-6-17(7-4-16)22(24)25/h3-8,13H,9-12H2,1-2H3/b8-5+. The molecule has 0 unspecified atom stereocenters. The van der Waals surface area contributed by atoms with Crippen molar-refractivity contribution in [1.82, 2.24) is 9.21 Å². The molecule has 0 saturated carbocycles. The normalized spacial score (nSPS) is 15.7. The SMILES string of the molecule is Cc1cc(S(=O)(=O)N2CCN(C(=O)/C=C/c3ccc([N+](=O)[O-])cc3)CC2)c(C)s1. The lowest BCUT2D eigenvalue weighted by Crippen LogP contribution is -2.50. The van der Waals surface area contributed by atoms with E-state index in [0.29, 0.717) is 23.5 Å². The predicted molar refractivity (Wildman–Crippen MR) is 111 cm³/mol. The van der Waals surface area contributed by atoms with Crippen LogP contribution in [0.2, 0.25) is 0 Å². The van der Waals surface area contributed by atoms with Crippen molar-refractivity contribution in [1.29, 1.82) is 0 Å². The van der Waals surface area contributed by atoms with Crippen molar-refractivity contribution in [3.63, 3.8) is 0 Å². The second-order valence-electron chi connectivity index (χ2n) is 6.69. The number of nitrogens with zero attached hydrogens (tertiary/aromatic N) is 3. The second kappa shape index (κ2) is 8.44. The number of carbonyl (C=O) groups excluding carboxylic acids is 1. The summed E-state index contributed by atoms with van der Waals surface area (Å²) in [7, 11) is -3.55. The molecule has 29 heavy (non-hydrogen) atoms. The van der Waals surface area contributed by atoms with E-state index in [9.17, 15) is 23.3 Å². The topological polar surface area (TPSA) is 101 Å². The maximum atomic E-state index is 12.9. The molecule has 1 aliphatic heterocycles. The van der Waals surface area contributed by atoms with Crippen LogP contribution in [0, 0.1) is 24.0 Å². The van der Waals surface area contributed by atoms with Crippen LogP contribution in [0.3, 0.4) is 0 Å². The van der Waals surface area contributed by atoms with Gasteiger partial charge in [0.15, 0.2) is 0 Å². The van der Waals surface area contributed by atoms with Crippen molar-refractivity contribution >= 4 is 39.0 Å². The summed E-state index contributed by atoms with van der Waals surface area (Å²) < 4.78 is 27.1. The molecule has 0 bridgehead atoms. The smallest absolute Gasteiger partial charge is 0.269 e. The number of amides is 1. The molecule has 0 N–H and O–H groups in total. The molecule has 1 amide bonds. The first-order valence-corrected chi connectivity index (χ1v) is 11.2. The Bertz CT molecular complexity index is 1050. The van der Waals surface area contributed by atoms with E-state index in [0.717, 1.165) is 9.75 Å². The highest BCUT2D eigenvalue weighted by molar-refractivity contribution is 7.89. The molecule has 1 fully saturated rings. The number of rotatable bonds is 5. The molecule has 3 rings (SSSR count). The molecule has 8 nitrogen and oxygen atoms in total. The predicted octanol–water partition coefficient (Wildman–Crippen LogP) is 2.82. The summed E-state index contributed by atoms with van der Waals surface area (Å²) in [6, 6.07) is 7.58. The number of thiophene rings is 1. The minimum absolute atomic E-state index is 0.0122. The van der Waals surface area contributed by atoms with E-state index in [2.05, 4.69) is 0 Å². The molecular weight excluding hydrogens is 414 g/mol. The number of nitro groups is 1. The van der Waals surface area contributed by atoms with Crippen LogP contribution >= 0.6 is 11.3 Å². The Morgan fingerprint density at radius 1 is 1.14 bits per heavy atom. The van der Waals surface area contributed by atoms with E-state index >= 15 is 0 Å². The number of aryl methyl sites for hydroxylation is 2. The molecule has 0 aliphatic carbocycles. The number of benzene rings is 1. The Morgan fingerprint density at radius 2 is 1.76 bits per heavy atom. The number of hydrogen-bond donors (Lipinski definition) is 0. The zero-order chi connectivity index (χ0) is 21.2. The lowest BCUT2D eigenvalue weighted by molar-refractivity contribution is -0.384. The number of hydrogen-bond acceptors (Lipinski definition) is 6. The molecular formula is C19H21N3O5S2. The quantitative estimate of drug-likeness (QED) is 0.408. The Kier molecular flexibility index (Phi) is 6.15. The Balaban J connectivity index is 1.60. The second-order valence-corrected chi connectivity index (χ2v) is 10.1. The lowest BCUT2D eigenvalue weighted by Gasteiger charge is -2.33. The molecule has 1 aromatic heterocycles. The molecule has 2 heterocycles. The first-order chi connectivity index (χ1) is 13.7. The van der Waals surface area contributed by atoms with Gasteiger partial charge in [-0.05, 0) is 43.7 Å². The van der Waals surface area contributed by atoms with Crippen LogP contribution in [0.15, 0.2) is 41.3 Å². The summed E-state index contributed by atoms with van der Waals surface area (Å²) in [4.78, 5) is 26.2. The fourth-order valence-electron chi connectivity index (χ4n) is 3.13. The van der Waals surface area contributed by atoms with Crippen LogP contribution in [0.1, 0.15) is 15.3 Å². The van der Waals surface area contributed by atoms with E-state index in [1.165, 1.54) is 33.9 Å². The average Bonchev–Trinajstić information content (AvgIpc) is 3.05. The molecule has 0 radical (unpaired) electrons. The Labute approximate surface area is 173 Å². The summed E-state index contributed by atoms with van der Waals surface area (Å²) >= 11 is 1.46. The summed E-state index contributed by atoms with van der Waals surface area (Å²) in [5.74, 6) is -0.219. The van der Waals surface area contributed by atoms with E-state index in [4.69, 9.17) is 0 Å². The first-order valence-electron chi connectivity index (χ1n) is 8.97. The van der Waals surface area contributed by atoms with Gasteiger partial charge in [-0.2, -0.15) is 4.31 Å². The number of piperazine rings is 1. The third-order valence-electron chi connectivity index (χ3n) is 4.69. The van der Waals surface area contributed by atoms with Crippen LogP contribution < -0.4 is 0 Å². The summed E-state index contributed by atoms with van der Waals surface area (Å²) in [5.41, 5.74) is 0.662. The van der Waals surface area contributed by atoms with Gasteiger partial charge in [-0.1, -0.05) is 0 Å². The highest BCUT2D eigenvalue weighted by Gasteiger charge is 2.31. The fourth-order valence-corrected chi connectivity index (χ4v) is 6.08. The third kappa shape index (κ3) is 4.72. The number of nitro benzene ring substituents is 1. The summed E-state index contributed by atoms with van der Waals surface area (Å²) in [6.07, 6.45) is 2.99. The Hall–Kier alpha value is -2.56. The minimum atomic E-state index is -3.55. The maximum absolute atomic E-state index is 12.9. The highest BCUT2D eigenvalue weighted by Crippen LogP contribution is 2.28. The molecule has 0 spiro atoms. The molecule has 1 aromatic carbocycles. The van der Waals surface area contributed by atoms with E-state index in [1.54, 1.807) is 36.1 Å². The van der Waals surface area contributed by atoms with E-state index in [-0.39, 0.29) is 24.7 Å². The van der Waals surface area contributed by atoms with Crippen molar-refractivity contribution in [3.8, 4) is 0 Å². The van der Waals surface area contributed by atoms with Crippen molar-refractivity contribution in [3.05, 3.63) is 61.8 Å². The van der Waals surface area contributed by atoms with Gasteiger partial charge < -0.3 is 4.90 Å². The van der Waals surface area contributed by atoms with Crippen molar-refractivity contribution in [2.24, 2.45) is 0 Å². The highest BCUT2D eigenvalue weighted by atomic mass is 32.2. The van der Waals surface area contributed by atoms with Gasteiger partial charge in [-0.15, -0.1) is 11.3 Å². The molecule has 0 atom stereocenters. The molecule has 10 heteroatoms. The molecule has 1 saturated heterocycles. The summed E-state index contributed by atoms with van der Waals surface area (Å²) in [5, 5.41) is 10.7. The van der Waals surface area contributed by atoms with Crippen LogP contribution in [0.25, 0.3) is 6.08 Å². The van der Waals surface area contributed by atoms with Crippen LogP contribution in [0.4, 0.5) is 5.69 Å². The van der Waals surface area contributed by atoms with Crippen LogP contribution in [-0.2, 0) is 14.8 Å². The monoisotopic (exact) mass is 435 g/mol. The van der Waals surface area contributed by atoms with Crippen molar-refractivity contribution in [2.45, 2.75) is 18.7 Å². The molecule has 154 valence electrons. The summed E-state index contributed by atoms with van der Waals surface area (Å²) in [6.45, 7) is 4.79. The van der Waals surface area contributed by atoms with Gasteiger partial charge in [0.2, 0.25) is 15.9 Å². The third-order valence-corrected chi connectivity index (χ3v) is 7.81. The largest absolute Gasteiger partial charge is 0.337 e. The average molecular weight is 436 g/mol. The fraction of sp³-hybridized carbons (Fsp3) is 0.316. The van der Waals surface area contributed by atoms with Crippen LogP contribution in [0.5, 0.6) is 0 Å². The zero-order valence-electron chi connectivity index (χ0n) is 16.1. The number of carbonyl (C=O) groups is 1. The number of sulfonamides is 1. The Morgan fingerprint density at radius 3 is 2.28 bits per heavy atom. The van der Waals surface area contributed by atoms with Gasteiger partial charge in [-0.25, -0.2) is 8.42 Å². The first kappa shape index (κ1) is 21.2. The van der Waals surface area contributed by atoms with Gasteiger partial charge in [0.1, 0.15) is 0 Å². The van der Waals surface area contributed by atoms with E-state index < -0.39 is 14.9 Å². The van der Waals surface area contributed by atoms with Gasteiger partial charge in [0, 0.05) is 54.1 Å².